The summed E-state index contributed by atoms with van der Waals surface area (Å²) in [6, 6.07) is 0. The number of aliphatic carboxylic acids is 1. The van der Waals surface area contributed by atoms with E-state index in [9.17, 15) is 9.59 Å². The summed E-state index contributed by atoms with van der Waals surface area (Å²) in [5, 5.41) is 8.94. The Morgan fingerprint density at radius 2 is 2.21 bits per heavy atom. The van der Waals surface area contributed by atoms with Gasteiger partial charge in [-0.2, -0.15) is 0 Å². The van der Waals surface area contributed by atoms with Crippen molar-refractivity contribution in [2.45, 2.75) is 31.8 Å². The van der Waals surface area contributed by atoms with E-state index in [1.807, 2.05) is 13.8 Å². The molecule has 19 heavy (non-hydrogen) atoms. The Bertz CT molecular complexity index is 690. The molecule has 102 valence electrons. The zero-order valence-corrected chi connectivity index (χ0v) is 12.4. The molecule has 2 N–H and O–H groups in total. The SMILES string of the molecule is Cc1sc2nc(CS[C@H](C)C(=O)O)[nH]c(=O)c2c1C. The second-order valence-corrected chi connectivity index (χ2v) is 6.80. The smallest absolute Gasteiger partial charge is 0.316 e. The van der Waals surface area contributed by atoms with Crippen LogP contribution in [0.15, 0.2) is 4.79 Å². The minimum atomic E-state index is -0.865. The first kappa shape index (κ1) is 14.1. The zero-order chi connectivity index (χ0) is 14.2. The van der Waals surface area contributed by atoms with Gasteiger partial charge in [0.25, 0.3) is 5.56 Å². The van der Waals surface area contributed by atoms with Gasteiger partial charge in [-0.3, -0.25) is 9.59 Å². The number of rotatable bonds is 4. The first-order valence-corrected chi connectivity index (χ1v) is 7.60. The number of carboxylic acid groups (broad SMARTS) is 1. The molecule has 0 bridgehead atoms. The number of hydrogen-bond acceptors (Lipinski definition) is 5. The largest absolute Gasteiger partial charge is 0.480 e. The Morgan fingerprint density at radius 3 is 2.84 bits per heavy atom. The van der Waals surface area contributed by atoms with Crippen molar-refractivity contribution >= 4 is 39.3 Å². The average molecular weight is 298 g/mol. The van der Waals surface area contributed by atoms with Gasteiger partial charge in [0.15, 0.2) is 0 Å². The predicted molar refractivity (Wildman–Crippen MR) is 78.1 cm³/mol. The summed E-state index contributed by atoms with van der Waals surface area (Å²) in [7, 11) is 0. The number of aromatic amines is 1. The van der Waals surface area contributed by atoms with Crippen molar-refractivity contribution in [3.05, 3.63) is 26.6 Å². The number of nitrogens with one attached hydrogen (secondary N) is 1. The van der Waals surface area contributed by atoms with E-state index in [0.717, 1.165) is 15.3 Å². The van der Waals surface area contributed by atoms with E-state index in [1.165, 1.54) is 23.1 Å². The summed E-state index contributed by atoms with van der Waals surface area (Å²) in [6.45, 7) is 5.48. The summed E-state index contributed by atoms with van der Waals surface area (Å²) in [5.74, 6) is 0.0438. The van der Waals surface area contributed by atoms with Crippen LogP contribution in [0.4, 0.5) is 0 Å². The van der Waals surface area contributed by atoms with Gasteiger partial charge in [-0.1, -0.05) is 0 Å². The second-order valence-electron chi connectivity index (χ2n) is 4.27. The molecule has 0 aliphatic rings. The molecule has 0 fully saturated rings. The van der Waals surface area contributed by atoms with Crippen molar-refractivity contribution in [3.8, 4) is 0 Å². The van der Waals surface area contributed by atoms with Crippen LogP contribution >= 0.6 is 23.1 Å². The fraction of sp³-hybridized carbons (Fsp3) is 0.417. The Hall–Kier alpha value is -1.34. The highest BCUT2D eigenvalue weighted by Crippen LogP contribution is 2.26. The van der Waals surface area contributed by atoms with Crippen LogP contribution in [0.5, 0.6) is 0 Å². The number of carbonyl (C=O) groups is 1. The van der Waals surface area contributed by atoms with Crippen molar-refractivity contribution in [1.82, 2.24) is 9.97 Å². The molecule has 5 nitrogen and oxygen atoms in total. The lowest BCUT2D eigenvalue weighted by molar-refractivity contribution is -0.136. The standard InChI is InChI=1S/C12H14N2O3S2/c1-5-6(2)19-11-9(5)10(15)13-8(14-11)4-18-7(3)12(16)17/h7H,4H2,1-3H3,(H,16,17)(H,13,14,15)/t7-/m1/s1. The molecule has 2 aromatic rings. The monoisotopic (exact) mass is 298 g/mol. The molecule has 0 aliphatic heterocycles. The number of H-pyrrole nitrogens is 1. The number of nitrogens with zero attached hydrogens (tertiary/aromatic N) is 1. The van der Waals surface area contributed by atoms with Gasteiger partial charge in [0.05, 0.1) is 16.4 Å². The third kappa shape index (κ3) is 2.82. The highest BCUT2D eigenvalue weighted by atomic mass is 32.2. The molecule has 2 rings (SSSR count). The van der Waals surface area contributed by atoms with Crippen molar-refractivity contribution in [3.63, 3.8) is 0 Å². The van der Waals surface area contributed by atoms with Crippen molar-refractivity contribution in [2.75, 3.05) is 0 Å². The second kappa shape index (κ2) is 5.34. The van der Waals surface area contributed by atoms with Crippen LogP contribution in [0, 0.1) is 13.8 Å². The van der Waals surface area contributed by atoms with Gasteiger partial charge in [0.1, 0.15) is 10.7 Å². The van der Waals surface area contributed by atoms with Crippen LogP contribution in [-0.2, 0) is 10.5 Å². The summed E-state index contributed by atoms with van der Waals surface area (Å²) in [6.07, 6.45) is 0. The molecular weight excluding hydrogens is 284 g/mol. The minimum absolute atomic E-state index is 0.148. The molecule has 0 aliphatic carbocycles. The number of thiophene rings is 1. The average Bonchev–Trinajstić information content (AvgIpc) is 2.62. The summed E-state index contributed by atoms with van der Waals surface area (Å²) < 4.78 is 0. The molecule has 2 heterocycles. The number of aryl methyl sites for hydroxylation is 2. The molecular formula is C12H14N2O3S2. The van der Waals surface area contributed by atoms with Crippen molar-refractivity contribution in [1.29, 1.82) is 0 Å². The van der Waals surface area contributed by atoms with Crippen LogP contribution in [0.2, 0.25) is 0 Å². The Labute approximate surface area is 118 Å². The zero-order valence-electron chi connectivity index (χ0n) is 10.8. The van der Waals surface area contributed by atoms with Gasteiger partial charge in [-0.05, 0) is 26.3 Å². The van der Waals surface area contributed by atoms with Gasteiger partial charge in [-0.15, -0.1) is 23.1 Å². The molecule has 0 radical (unpaired) electrons. The van der Waals surface area contributed by atoms with Crippen LogP contribution in [-0.4, -0.2) is 26.3 Å². The Balaban J connectivity index is 2.31. The van der Waals surface area contributed by atoms with Crippen LogP contribution in [0.3, 0.4) is 0 Å². The molecule has 0 saturated heterocycles. The highest BCUT2D eigenvalue weighted by molar-refractivity contribution is 7.99. The molecule has 0 unspecified atom stereocenters. The van der Waals surface area contributed by atoms with E-state index < -0.39 is 11.2 Å². The van der Waals surface area contributed by atoms with Crippen LogP contribution < -0.4 is 5.56 Å². The molecule has 7 heteroatoms. The molecule has 2 aromatic heterocycles. The van der Waals surface area contributed by atoms with Crippen molar-refractivity contribution in [2.24, 2.45) is 0 Å². The van der Waals surface area contributed by atoms with E-state index in [2.05, 4.69) is 9.97 Å². The lowest BCUT2D eigenvalue weighted by Gasteiger charge is -2.05. The Kier molecular flexibility index (Phi) is 3.96. The van der Waals surface area contributed by atoms with E-state index >= 15 is 0 Å². The van der Waals surface area contributed by atoms with Crippen LogP contribution in [0.1, 0.15) is 23.2 Å². The van der Waals surface area contributed by atoms with E-state index in [0.29, 0.717) is 17.0 Å². The number of hydrogen-bond donors (Lipinski definition) is 2. The quantitative estimate of drug-likeness (QED) is 0.905. The fourth-order valence-corrected chi connectivity index (χ4v) is 3.38. The van der Waals surface area contributed by atoms with E-state index in [-0.39, 0.29) is 5.56 Å². The van der Waals surface area contributed by atoms with Crippen molar-refractivity contribution < 1.29 is 9.90 Å². The maximum absolute atomic E-state index is 12.0. The predicted octanol–water partition coefficient (Wildman–Crippen LogP) is 2.31. The van der Waals surface area contributed by atoms with Gasteiger partial charge in [-0.25, -0.2) is 4.98 Å². The first-order chi connectivity index (χ1) is 8.90. The first-order valence-electron chi connectivity index (χ1n) is 5.73. The third-order valence-corrected chi connectivity index (χ3v) is 5.15. The lowest BCUT2D eigenvalue weighted by Crippen LogP contribution is -2.14. The van der Waals surface area contributed by atoms with Gasteiger partial charge in [0, 0.05) is 4.88 Å². The maximum atomic E-state index is 12.0. The molecule has 0 amide bonds. The summed E-state index contributed by atoms with van der Waals surface area (Å²) in [5.41, 5.74) is 0.817. The van der Waals surface area contributed by atoms with E-state index in [4.69, 9.17) is 5.11 Å². The minimum Gasteiger partial charge on any atom is -0.480 e. The number of thioether (sulfide) groups is 1. The highest BCUT2D eigenvalue weighted by Gasteiger charge is 2.14. The Morgan fingerprint density at radius 1 is 1.53 bits per heavy atom. The topological polar surface area (TPSA) is 83.0 Å². The van der Waals surface area contributed by atoms with Crippen LogP contribution in [0.25, 0.3) is 10.2 Å². The number of fused-ring (bicyclic) bond motifs is 1. The number of carboxylic acids is 1. The third-order valence-electron chi connectivity index (χ3n) is 2.91. The van der Waals surface area contributed by atoms with Gasteiger partial charge < -0.3 is 10.1 Å². The van der Waals surface area contributed by atoms with Gasteiger partial charge in [0.2, 0.25) is 0 Å². The molecule has 0 aromatic carbocycles. The van der Waals surface area contributed by atoms with Gasteiger partial charge >= 0.3 is 5.97 Å². The summed E-state index contributed by atoms with van der Waals surface area (Å²) in [4.78, 5) is 31.7. The molecule has 0 saturated carbocycles. The maximum Gasteiger partial charge on any atom is 0.316 e. The lowest BCUT2D eigenvalue weighted by atomic mass is 10.2. The fourth-order valence-electron chi connectivity index (χ4n) is 1.64. The number of aromatic nitrogens is 2. The van der Waals surface area contributed by atoms with E-state index in [1.54, 1.807) is 6.92 Å². The molecule has 1 atom stereocenters. The molecule has 0 spiro atoms. The summed E-state index contributed by atoms with van der Waals surface area (Å²) >= 11 is 2.73. The normalized spacial score (nSPS) is 12.8.